The van der Waals surface area contributed by atoms with Crippen LogP contribution in [0.5, 0.6) is 0 Å². The van der Waals surface area contributed by atoms with Gasteiger partial charge in [0.05, 0.1) is 0 Å². The second-order valence-electron chi connectivity index (χ2n) is 8.17. The Labute approximate surface area is 202 Å². The van der Waals surface area contributed by atoms with E-state index in [0.29, 0.717) is 0 Å². The van der Waals surface area contributed by atoms with Crippen LogP contribution in [-0.4, -0.2) is 96.0 Å². The van der Waals surface area contributed by atoms with E-state index in [-0.39, 0.29) is 0 Å². The van der Waals surface area contributed by atoms with Gasteiger partial charge >= 0.3 is 53.3 Å². The van der Waals surface area contributed by atoms with Crippen LogP contribution in [0.4, 0.5) is 0 Å². The molecule has 0 radical (unpaired) electrons. The molecule has 32 heavy (non-hydrogen) atoms. The maximum absolute atomic E-state index is 6.52. The minimum Gasteiger partial charge on any atom is -0.418 e. The molecule has 1 saturated heterocycles. The van der Waals surface area contributed by atoms with Gasteiger partial charge in [-0.3, -0.25) is 0 Å². The highest BCUT2D eigenvalue weighted by Gasteiger charge is 2.47. The highest BCUT2D eigenvalue weighted by molar-refractivity contribution is 6.85. The summed E-state index contributed by atoms with van der Waals surface area (Å²) in [5, 5.41) is 0. The van der Waals surface area contributed by atoms with E-state index in [1.807, 2.05) is 0 Å². The Balaban J connectivity index is 2.72. The summed E-state index contributed by atoms with van der Waals surface area (Å²) >= 11 is 0. The van der Waals surface area contributed by atoms with Gasteiger partial charge in [-0.25, -0.2) is 0 Å². The Hall–Kier alpha value is 0.901. The van der Waals surface area contributed by atoms with Crippen LogP contribution in [-0.2, 0) is 43.0 Å². The Kier molecular flexibility index (Phi) is 13.4. The third kappa shape index (κ3) is 9.17. The van der Waals surface area contributed by atoms with Gasteiger partial charge in [-0.15, -0.1) is 0 Å². The fourth-order valence-electron chi connectivity index (χ4n) is 4.11. The zero-order valence-electron chi connectivity index (χ0n) is 21.5. The van der Waals surface area contributed by atoms with Gasteiger partial charge in [0, 0.05) is 54.7 Å². The van der Waals surface area contributed by atoms with Crippen LogP contribution < -0.4 is 0 Å². The van der Waals surface area contributed by atoms with E-state index in [0.717, 1.165) is 37.0 Å². The van der Waals surface area contributed by atoms with Crippen LogP contribution in [0, 0.1) is 0 Å². The summed E-state index contributed by atoms with van der Waals surface area (Å²) in [6, 6.07) is 3.08. The van der Waals surface area contributed by atoms with Gasteiger partial charge in [-0.1, -0.05) is 0 Å². The smallest absolute Gasteiger partial charge is 0.418 e. The minimum absolute atomic E-state index is 0.718. The summed E-state index contributed by atoms with van der Waals surface area (Å²) in [4.78, 5) is 0. The number of hydrogen-bond acceptors (Lipinski definition) is 10. The van der Waals surface area contributed by atoms with Crippen molar-refractivity contribution in [1.29, 1.82) is 0 Å². The molecule has 0 N–H and O–H groups in total. The fourth-order valence-corrected chi connectivity index (χ4v) is 25.7. The predicted octanol–water partition coefficient (Wildman–Crippen LogP) is 2.45. The van der Waals surface area contributed by atoms with E-state index in [2.05, 4.69) is 26.2 Å². The highest BCUT2D eigenvalue weighted by Crippen LogP contribution is 2.30. The summed E-state index contributed by atoms with van der Waals surface area (Å²) < 4.78 is 59.3. The standard InChI is InChI=1S/C16H44O10Si6/c1-17-31(18-2,19-3)15-11-13-29(9)23-27(7)25-30(10,26-28(8)24-29)14-12-16-32(20-4,21-5)22-6/h27-28H,11-16H2,1-10H3. The van der Waals surface area contributed by atoms with Crippen LogP contribution in [0.1, 0.15) is 12.8 Å². The zero-order valence-corrected chi connectivity index (χ0v) is 27.8. The lowest BCUT2D eigenvalue weighted by Gasteiger charge is -2.42. The van der Waals surface area contributed by atoms with E-state index >= 15 is 0 Å². The molecule has 0 unspecified atom stereocenters. The quantitative estimate of drug-likeness (QED) is 0.293. The second kappa shape index (κ2) is 13.8. The Morgan fingerprint density at radius 2 is 0.812 bits per heavy atom. The van der Waals surface area contributed by atoms with Crippen molar-refractivity contribution in [2.24, 2.45) is 0 Å². The largest absolute Gasteiger partial charge is 0.500 e. The highest BCUT2D eigenvalue weighted by atomic mass is 28.5. The van der Waals surface area contributed by atoms with Crippen molar-refractivity contribution in [2.75, 3.05) is 42.7 Å². The molecule has 16 heteroatoms. The molecule has 0 bridgehead atoms. The lowest BCUT2D eigenvalue weighted by atomic mass is 10.6. The average Bonchev–Trinajstić information content (AvgIpc) is 2.73. The minimum atomic E-state index is -2.60. The molecule has 0 saturated carbocycles. The van der Waals surface area contributed by atoms with Gasteiger partial charge in [-0.05, 0) is 51.1 Å². The Morgan fingerprint density at radius 3 is 1.03 bits per heavy atom. The normalized spacial score (nSPS) is 30.2. The third-order valence-electron chi connectivity index (χ3n) is 5.75. The van der Waals surface area contributed by atoms with Crippen molar-refractivity contribution in [3.8, 4) is 0 Å². The summed E-state index contributed by atoms with van der Waals surface area (Å²) in [5.74, 6) is 0. The predicted molar refractivity (Wildman–Crippen MR) is 136 cm³/mol. The van der Waals surface area contributed by atoms with Gasteiger partial charge in [-0.2, -0.15) is 0 Å². The maximum atomic E-state index is 6.52. The van der Waals surface area contributed by atoms with E-state index in [4.69, 9.17) is 43.0 Å². The van der Waals surface area contributed by atoms with Crippen molar-refractivity contribution in [1.82, 2.24) is 0 Å². The first-order valence-electron chi connectivity index (χ1n) is 11.0. The lowest BCUT2D eigenvalue weighted by molar-refractivity contribution is 0.122. The van der Waals surface area contributed by atoms with Gasteiger partial charge in [0.25, 0.3) is 0 Å². The average molecular weight is 565 g/mol. The molecule has 0 aromatic rings. The van der Waals surface area contributed by atoms with E-state index in [9.17, 15) is 0 Å². The Morgan fingerprint density at radius 1 is 0.562 bits per heavy atom. The maximum Gasteiger partial charge on any atom is 0.500 e. The first-order valence-corrected chi connectivity index (χ1v) is 24.1. The molecule has 0 spiro atoms. The molecule has 1 aliphatic heterocycles. The second-order valence-corrected chi connectivity index (χ2v) is 25.9. The molecule has 0 amide bonds. The number of hydrogen-bond donors (Lipinski definition) is 0. The third-order valence-corrected chi connectivity index (χ3v) is 27.2. The van der Waals surface area contributed by atoms with Crippen molar-refractivity contribution in [3.05, 3.63) is 0 Å². The molecule has 0 aromatic heterocycles. The summed E-state index contributed by atoms with van der Waals surface area (Å²) in [6.45, 7) is 8.36. The zero-order chi connectivity index (χ0) is 24.5. The van der Waals surface area contributed by atoms with Crippen molar-refractivity contribution in [3.63, 3.8) is 0 Å². The molecule has 10 nitrogen and oxygen atoms in total. The molecule has 1 heterocycles. The van der Waals surface area contributed by atoms with Crippen LogP contribution >= 0.6 is 0 Å². The summed E-state index contributed by atoms with van der Waals surface area (Å²) in [5.41, 5.74) is 0. The molecule has 1 rings (SSSR count). The first kappa shape index (κ1) is 30.9. The van der Waals surface area contributed by atoms with Crippen molar-refractivity contribution in [2.45, 2.75) is 63.2 Å². The lowest BCUT2D eigenvalue weighted by Crippen LogP contribution is -2.58. The summed E-state index contributed by atoms with van der Waals surface area (Å²) in [6.07, 6.45) is 1.69. The van der Waals surface area contributed by atoms with Crippen LogP contribution in [0.25, 0.3) is 0 Å². The SMILES string of the molecule is CO[Si](CCC[Si]1(C)O[SiH](C)O[Si](C)(CCC[Si](OC)(OC)OC)O[SiH](C)O1)(OC)OC. The fraction of sp³-hybridized carbons (Fsp3) is 1.00. The van der Waals surface area contributed by atoms with Crippen LogP contribution in [0.3, 0.4) is 0 Å². The topological polar surface area (TPSA) is 92.3 Å². The van der Waals surface area contributed by atoms with Crippen molar-refractivity contribution >= 4 is 53.3 Å². The molecular weight excluding hydrogens is 521 g/mol. The summed E-state index contributed by atoms with van der Waals surface area (Å²) in [7, 11) is -4.10. The van der Waals surface area contributed by atoms with E-state index in [1.165, 1.54) is 0 Å². The number of rotatable bonds is 14. The molecule has 1 fully saturated rings. The van der Waals surface area contributed by atoms with Crippen LogP contribution in [0.2, 0.25) is 50.4 Å². The molecule has 0 aliphatic carbocycles. The van der Waals surface area contributed by atoms with E-state index in [1.54, 1.807) is 42.7 Å². The monoisotopic (exact) mass is 564 g/mol. The first-order chi connectivity index (χ1) is 15.0. The molecule has 0 aromatic carbocycles. The van der Waals surface area contributed by atoms with Crippen LogP contribution in [0.15, 0.2) is 0 Å². The van der Waals surface area contributed by atoms with Gasteiger partial charge in [0.15, 0.2) is 0 Å². The molecule has 192 valence electrons. The molecule has 1 aliphatic rings. The van der Waals surface area contributed by atoms with Crippen molar-refractivity contribution < 1.29 is 43.0 Å². The Bertz CT molecular complexity index is 465. The van der Waals surface area contributed by atoms with E-state index < -0.39 is 53.3 Å². The van der Waals surface area contributed by atoms with Gasteiger partial charge in [0.1, 0.15) is 0 Å². The molecule has 0 atom stereocenters. The molecular formula is C16H44O10Si6. The van der Waals surface area contributed by atoms with Gasteiger partial charge in [0.2, 0.25) is 0 Å². The van der Waals surface area contributed by atoms with Gasteiger partial charge < -0.3 is 43.0 Å².